The van der Waals surface area contributed by atoms with Crippen molar-refractivity contribution in [2.45, 2.75) is 31.7 Å². The molecule has 1 rings (SSSR count). The van der Waals surface area contributed by atoms with Gasteiger partial charge in [-0.1, -0.05) is 15.9 Å². The molecule has 1 aromatic rings. The maximum Gasteiger partial charge on any atom is 0.321 e. The highest BCUT2D eigenvalue weighted by Gasteiger charge is 2.31. The number of benzene rings is 1. The van der Waals surface area contributed by atoms with Crippen molar-refractivity contribution < 1.29 is 17.9 Å². The van der Waals surface area contributed by atoms with Gasteiger partial charge in [-0.3, -0.25) is 4.79 Å². The highest BCUT2D eigenvalue weighted by molar-refractivity contribution is 9.11. The summed E-state index contributed by atoms with van der Waals surface area (Å²) in [5.41, 5.74) is 0. The first kappa shape index (κ1) is 18.6. The van der Waals surface area contributed by atoms with Gasteiger partial charge in [0.05, 0.1) is 11.5 Å². The summed E-state index contributed by atoms with van der Waals surface area (Å²) in [5, 5.41) is 0. The van der Waals surface area contributed by atoms with Crippen LogP contribution < -0.4 is 0 Å². The molecule has 0 atom stereocenters. The summed E-state index contributed by atoms with van der Waals surface area (Å²) >= 11 is 6.49. The summed E-state index contributed by atoms with van der Waals surface area (Å²) in [6.07, 6.45) is 0. The van der Waals surface area contributed by atoms with Crippen molar-refractivity contribution in [3.63, 3.8) is 0 Å². The van der Waals surface area contributed by atoms with E-state index < -0.39 is 16.0 Å². The lowest BCUT2D eigenvalue weighted by Gasteiger charge is -2.25. The molecule has 21 heavy (non-hydrogen) atoms. The summed E-state index contributed by atoms with van der Waals surface area (Å²) < 4.78 is 32.6. The Morgan fingerprint density at radius 1 is 1.33 bits per heavy atom. The molecule has 0 amide bonds. The van der Waals surface area contributed by atoms with Crippen LogP contribution in [0.25, 0.3) is 0 Å². The Hall–Kier alpha value is -0.440. The van der Waals surface area contributed by atoms with E-state index in [-0.39, 0.29) is 24.1 Å². The predicted octanol–water partition coefficient (Wildman–Crippen LogP) is 3.17. The number of hydrogen-bond donors (Lipinski definition) is 0. The number of ether oxygens (including phenoxy) is 1. The molecule has 0 fully saturated rings. The second kappa shape index (κ2) is 7.71. The van der Waals surface area contributed by atoms with Crippen molar-refractivity contribution in [2.75, 3.05) is 13.2 Å². The third kappa shape index (κ3) is 4.77. The fraction of sp³-hybridized carbons (Fsp3) is 0.462. The Morgan fingerprint density at radius 2 is 1.95 bits per heavy atom. The molecule has 0 heterocycles. The third-order valence-corrected chi connectivity index (χ3v) is 6.16. The zero-order valence-corrected chi connectivity index (χ0v) is 16.0. The lowest BCUT2D eigenvalue weighted by molar-refractivity contribution is -0.143. The first-order valence-electron chi connectivity index (χ1n) is 6.32. The van der Waals surface area contributed by atoms with Gasteiger partial charge in [0.2, 0.25) is 10.0 Å². The quantitative estimate of drug-likeness (QED) is 0.634. The molecular formula is C13H17Br2NO4S. The van der Waals surface area contributed by atoms with Crippen molar-refractivity contribution in [3.8, 4) is 0 Å². The average molecular weight is 443 g/mol. The van der Waals surface area contributed by atoms with Crippen molar-refractivity contribution in [2.24, 2.45) is 0 Å². The number of nitrogens with zero attached hydrogens (tertiary/aromatic N) is 1. The van der Waals surface area contributed by atoms with Crippen molar-refractivity contribution >= 4 is 47.9 Å². The zero-order valence-electron chi connectivity index (χ0n) is 12.0. The summed E-state index contributed by atoms with van der Waals surface area (Å²) in [5.74, 6) is -0.569. The minimum absolute atomic E-state index is 0.106. The smallest absolute Gasteiger partial charge is 0.321 e. The van der Waals surface area contributed by atoms with Crippen molar-refractivity contribution in [3.05, 3.63) is 27.1 Å². The van der Waals surface area contributed by atoms with E-state index in [0.717, 1.165) is 4.31 Å². The summed E-state index contributed by atoms with van der Waals surface area (Å²) in [6.45, 7) is 5.00. The Labute approximate surface area is 142 Å². The van der Waals surface area contributed by atoms with Crippen LogP contribution in [0.3, 0.4) is 0 Å². The number of hydrogen-bond acceptors (Lipinski definition) is 4. The Kier molecular flexibility index (Phi) is 6.83. The van der Waals surface area contributed by atoms with Gasteiger partial charge < -0.3 is 4.74 Å². The molecule has 0 aliphatic carbocycles. The molecule has 0 unspecified atom stereocenters. The maximum absolute atomic E-state index is 12.8. The number of sulfonamides is 1. The van der Waals surface area contributed by atoms with Gasteiger partial charge in [0, 0.05) is 15.0 Å². The van der Waals surface area contributed by atoms with Gasteiger partial charge in [0.15, 0.2) is 0 Å². The number of rotatable bonds is 6. The van der Waals surface area contributed by atoms with Gasteiger partial charge in [-0.25, -0.2) is 8.42 Å². The molecule has 0 aromatic heterocycles. The average Bonchev–Trinajstić information content (AvgIpc) is 2.38. The van der Waals surface area contributed by atoms with E-state index in [2.05, 4.69) is 31.9 Å². The van der Waals surface area contributed by atoms with E-state index in [1.165, 1.54) is 6.07 Å². The van der Waals surface area contributed by atoms with Crippen LogP contribution in [0.4, 0.5) is 0 Å². The van der Waals surface area contributed by atoms with Crippen LogP contribution in [0.15, 0.2) is 32.0 Å². The Morgan fingerprint density at radius 3 is 2.48 bits per heavy atom. The largest absolute Gasteiger partial charge is 0.465 e. The molecule has 0 aliphatic rings. The number of halogens is 2. The van der Waals surface area contributed by atoms with E-state index in [9.17, 15) is 13.2 Å². The SMILES string of the molecule is CCOC(=O)CN(C(C)C)S(=O)(=O)c1cc(Br)ccc1Br. The number of esters is 1. The zero-order chi connectivity index (χ0) is 16.2. The first-order chi connectivity index (χ1) is 9.70. The van der Waals surface area contributed by atoms with Crippen LogP contribution in [0.2, 0.25) is 0 Å². The van der Waals surface area contributed by atoms with E-state index in [1.807, 2.05) is 0 Å². The van der Waals surface area contributed by atoms with E-state index in [0.29, 0.717) is 8.95 Å². The molecule has 118 valence electrons. The second-order valence-electron chi connectivity index (χ2n) is 4.52. The minimum atomic E-state index is -3.81. The molecule has 0 saturated carbocycles. The Bertz CT molecular complexity index is 617. The molecule has 8 heteroatoms. The van der Waals surface area contributed by atoms with Gasteiger partial charge in [0.1, 0.15) is 6.54 Å². The van der Waals surface area contributed by atoms with Gasteiger partial charge in [0.25, 0.3) is 0 Å². The van der Waals surface area contributed by atoms with E-state index >= 15 is 0 Å². The minimum Gasteiger partial charge on any atom is -0.465 e. The Balaban J connectivity index is 3.22. The molecular weight excluding hydrogens is 426 g/mol. The molecule has 0 saturated heterocycles. The van der Waals surface area contributed by atoms with Crippen LogP contribution >= 0.6 is 31.9 Å². The van der Waals surface area contributed by atoms with Crippen LogP contribution in [-0.2, 0) is 19.6 Å². The first-order valence-corrected chi connectivity index (χ1v) is 9.35. The third-order valence-electron chi connectivity index (χ3n) is 2.65. The van der Waals surface area contributed by atoms with Gasteiger partial charge >= 0.3 is 5.97 Å². The molecule has 5 nitrogen and oxygen atoms in total. The molecule has 0 spiro atoms. The van der Waals surface area contributed by atoms with E-state index in [1.54, 1.807) is 32.9 Å². The maximum atomic E-state index is 12.8. The second-order valence-corrected chi connectivity index (χ2v) is 8.15. The molecule has 0 N–H and O–H groups in total. The van der Waals surface area contributed by atoms with Crippen molar-refractivity contribution in [1.29, 1.82) is 0 Å². The highest BCUT2D eigenvalue weighted by Crippen LogP contribution is 2.29. The van der Waals surface area contributed by atoms with E-state index in [4.69, 9.17) is 4.74 Å². The van der Waals surface area contributed by atoms with Gasteiger partial charge in [-0.05, 0) is 54.9 Å². The number of carbonyl (C=O) groups is 1. The lowest BCUT2D eigenvalue weighted by Crippen LogP contribution is -2.41. The van der Waals surface area contributed by atoms with Gasteiger partial charge in [-0.15, -0.1) is 0 Å². The fourth-order valence-corrected chi connectivity index (χ4v) is 4.73. The van der Waals surface area contributed by atoms with Gasteiger partial charge in [-0.2, -0.15) is 4.31 Å². The number of carbonyl (C=O) groups excluding carboxylic acids is 1. The topological polar surface area (TPSA) is 63.7 Å². The predicted molar refractivity (Wildman–Crippen MR) is 87.5 cm³/mol. The van der Waals surface area contributed by atoms with Crippen LogP contribution in [0.1, 0.15) is 20.8 Å². The summed E-state index contributed by atoms with van der Waals surface area (Å²) in [4.78, 5) is 11.7. The molecule has 0 bridgehead atoms. The highest BCUT2D eigenvalue weighted by atomic mass is 79.9. The van der Waals surface area contributed by atoms with Crippen molar-refractivity contribution in [1.82, 2.24) is 4.31 Å². The monoisotopic (exact) mass is 441 g/mol. The van der Waals surface area contributed by atoms with Crippen LogP contribution in [0.5, 0.6) is 0 Å². The summed E-state index contributed by atoms with van der Waals surface area (Å²) in [7, 11) is -3.81. The molecule has 0 aliphatic heterocycles. The lowest BCUT2D eigenvalue weighted by atomic mass is 10.4. The summed E-state index contributed by atoms with van der Waals surface area (Å²) in [6, 6.07) is 4.50. The van der Waals surface area contributed by atoms with Crippen LogP contribution in [0, 0.1) is 0 Å². The van der Waals surface area contributed by atoms with Crippen LogP contribution in [-0.4, -0.2) is 37.9 Å². The normalized spacial score (nSPS) is 12.0. The molecule has 0 radical (unpaired) electrons. The molecule has 1 aromatic carbocycles. The fourth-order valence-electron chi connectivity index (χ4n) is 1.68. The standard InChI is InChI=1S/C13H17Br2NO4S/c1-4-20-13(17)8-16(9(2)3)21(18,19)12-7-10(14)5-6-11(12)15/h5-7,9H,4,8H2,1-3H3.